The molecule has 0 heterocycles. The van der Waals surface area contributed by atoms with E-state index in [1.807, 2.05) is 0 Å². The van der Waals surface area contributed by atoms with Gasteiger partial charge in [0, 0.05) is 5.54 Å². The van der Waals surface area contributed by atoms with Crippen molar-refractivity contribution in [1.82, 2.24) is 0 Å². The zero-order chi connectivity index (χ0) is 7.12. The third-order valence-corrected chi connectivity index (χ3v) is 1.44. The SMILES string of the molecule is NC1(CC(F)(F)F)CC1. The molecule has 0 aliphatic heterocycles. The summed E-state index contributed by atoms with van der Waals surface area (Å²) in [5, 5.41) is 0. The van der Waals surface area contributed by atoms with E-state index >= 15 is 0 Å². The first-order valence-corrected chi connectivity index (χ1v) is 2.77. The number of hydrogen-bond acceptors (Lipinski definition) is 1. The van der Waals surface area contributed by atoms with Crippen molar-refractivity contribution in [2.75, 3.05) is 0 Å². The van der Waals surface area contributed by atoms with E-state index in [9.17, 15) is 13.2 Å². The summed E-state index contributed by atoms with van der Waals surface area (Å²) in [6, 6.07) is 0. The lowest BCUT2D eigenvalue weighted by Gasteiger charge is -2.10. The number of alkyl halides is 3. The largest absolute Gasteiger partial charge is 0.390 e. The summed E-state index contributed by atoms with van der Waals surface area (Å²) in [6.07, 6.45) is -3.86. The van der Waals surface area contributed by atoms with E-state index in [0.717, 1.165) is 0 Å². The Morgan fingerprint density at radius 2 is 1.78 bits per heavy atom. The van der Waals surface area contributed by atoms with Gasteiger partial charge in [0.1, 0.15) is 0 Å². The summed E-state index contributed by atoms with van der Waals surface area (Å²) in [5.41, 5.74) is 4.32. The van der Waals surface area contributed by atoms with Gasteiger partial charge in [-0.25, -0.2) is 0 Å². The van der Waals surface area contributed by atoms with Gasteiger partial charge in [0.2, 0.25) is 0 Å². The Morgan fingerprint density at radius 3 is 1.89 bits per heavy atom. The molecular weight excluding hydrogens is 131 g/mol. The van der Waals surface area contributed by atoms with Crippen molar-refractivity contribution < 1.29 is 13.2 Å². The molecule has 0 saturated heterocycles. The lowest BCUT2D eigenvalue weighted by molar-refractivity contribution is -0.140. The normalized spacial score (nSPS) is 24.0. The molecule has 54 valence electrons. The van der Waals surface area contributed by atoms with Crippen LogP contribution < -0.4 is 5.73 Å². The molecule has 1 saturated carbocycles. The van der Waals surface area contributed by atoms with Gasteiger partial charge in [0.05, 0.1) is 6.42 Å². The Balaban J connectivity index is 2.33. The van der Waals surface area contributed by atoms with E-state index in [1.165, 1.54) is 0 Å². The first-order valence-electron chi connectivity index (χ1n) is 2.77. The van der Waals surface area contributed by atoms with Gasteiger partial charge in [-0.05, 0) is 12.8 Å². The maximum absolute atomic E-state index is 11.5. The van der Waals surface area contributed by atoms with E-state index < -0.39 is 18.1 Å². The summed E-state index contributed by atoms with van der Waals surface area (Å²) in [4.78, 5) is 0. The third kappa shape index (κ3) is 2.22. The Morgan fingerprint density at radius 1 is 1.33 bits per heavy atom. The van der Waals surface area contributed by atoms with Gasteiger partial charge in [0.25, 0.3) is 0 Å². The summed E-state index contributed by atoms with van der Waals surface area (Å²) < 4.78 is 34.5. The molecule has 9 heavy (non-hydrogen) atoms. The van der Waals surface area contributed by atoms with E-state index in [2.05, 4.69) is 0 Å². The highest BCUT2D eigenvalue weighted by molar-refractivity contribution is 4.99. The fourth-order valence-corrected chi connectivity index (χ4v) is 0.737. The van der Waals surface area contributed by atoms with Crippen molar-refractivity contribution in [3.63, 3.8) is 0 Å². The van der Waals surface area contributed by atoms with Crippen LogP contribution in [0.2, 0.25) is 0 Å². The standard InChI is InChI=1S/C5H8F3N/c6-5(7,8)3-4(9)1-2-4/h1-3,9H2. The Bertz CT molecular complexity index is 111. The van der Waals surface area contributed by atoms with Crippen LogP contribution >= 0.6 is 0 Å². The molecule has 0 aromatic rings. The summed E-state index contributed by atoms with van der Waals surface area (Å²) >= 11 is 0. The van der Waals surface area contributed by atoms with Crippen molar-refractivity contribution in [3.8, 4) is 0 Å². The van der Waals surface area contributed by atoms with Crippen LogP contribution in [0.3, 0.4) is 0 Å². The monoisotopic (exact) mass is 139 g/mol. The van der Waals surface area contributed by atoms with Crippen LogP contribution in [0.1, 0.15) is 19.3 Å². The molecule has 4 heteroatoms. The van der Waals surface area contributed by atoms with E-state index in [-0.39, 0.29) is 0 Å². The summed E-state index contributed by atoms with van der Waals surface area (Å²) in [6.45, 7) is 0. The molecular formula is C5H8F3N. The Labute approximate surface area is 51.0 Å². The summed E-state index contributed by atoms with van der Waals surface area (Å²) in [7, 11) is 0. The van der Waals surface area contributed by atoms with Crippen LogP contribution in [0.15, 0.2) is 0 Å². The van der Waals surface area contributed by atoms with Crippen molar-refractivity contribution >= 4 is 0 Å². The molecule has 1 aliphatic rings. The first kappa shape index (κ1) is 6.86. The van der Waals surface area contributed by atoms with Gasteiger partial charge < -0.3 is 5.73 Å². The first-order chi connectivity index (χ1) is 3.91. The number of hydrogen-bond donors (Lipinski definition) is 1. The molecule has 0 bridgehead atoms. The van der Waals surface area contributed by atoms with Gasteiger partial charge in [-0.1, -0.05) is 0 Å². The van der Waals surface area contributed by atoms with E-state index in [1.54, 1.807) is 0 Å². The van der Waals surface area contributed by atoms with Crippen LogP contribution in [0, 0.1) is 0 Å². The smallest absolute Gasteiger partial charge is 0.325 e. The lowest BCUT2D eigenvalue weighted by atomic mass is 10.2. The average molecular weight is 139 g/mol. The zero-order valence-corrected chi connectivity index (χ0v) is 4.83. The van der Waals surface area contributed by atoms with Gasteiger partial charge in [-0.15, -0.1) is 0 Å². The fourth-order valence-electron chi connectivity index (χ4n) is 0.737. The number of nitrogens with two attached hydrogens (primary N) is 1. The maximum Gasteiger partial charge on any atom is 0.390 e. The fraction of sp³-hybridized carbons (Fsp3) is 1.00. The molecule has 0 atom stereocenters. The second kappa shape index (κ2) is 1.62. The molecule has 0 radical (unpaired) electrons. The minimum atomic E-state index is -4.08. The predicted octanol–water partition coefficient (Wildman–Crippen LogP) is 1.43. The summed E-state index contributed by atoms with van der Waals surface area (Å²) in [5.74, 6) is 0. The van der Waals surface area contributed by atoms with Crippen LogP contribution in [-0.2, 0) is 0 Å². The van der Waals surface area contributed by atoms with Crippen LogP contribution in [0.25, 0.3) is 0 Å². The highest BCUT2D eigenvalue weighted by Gasteiger charge is 2.47. The molecule has 1 aliphatic carbocycles. The second-order valence-corrected chi connectivity index (χ2v) is 2.65. The Hall–Kier alpha value is -0.250. The Kier molecular flexibility index (Phi) is 1.24. The van der Waals surface area contributed by atoms with Gasteiger partial charge >= 0.3 is 6.18 Å². The minimum absolute atomic E-state index is 0.520. The molecule has 0 amide bonds. The molecule has 2 N–H and O–H groups in total. The highest BCUT2D eigenvalue weighted by Crippen LogP contribution is 2.41. The lowest BCUT2D eigenvalue weighted by Crippen LogP contribution is -2.29. The molecule has 0 spiro atoms. The van der Waals surface area contributed by atoms with Gasteiger partial charge in [0.15, 0.2) is 0 Å². The molecule has 0 unspecified atom stereocenters. The van der Waals surface area contributed by atoms with Gasteiger partial charge in [-0.3, -0.25) is 0 Å². The van der Waals surface area contributed by atoms with E-state index in [0.29, 0.717) is 12.8 Å². The van der Waals surface area contributed by atoms with E-state index in [4.69, 9.17) is 5.73 Å². The molecule has 1 rings (SSSR count). The maximum atomic E-state index is 11.5. The van der Waals surface area contributed by atoms with Crippen LogP contribution in [0.5, 0.6) is 0 Å². The molecule has 0 aromatic heterocycles. The number of halogens is 3. The predicted molar refractivity (Wildman–Crippen MR) is 26.8 cm³/mol. The molecule has 0 aromatic carbocycles. The van der Waals surface area contributed by atoms with Gasteiger partial charge in [-0.2, -0.15) is 13.2 Å². The van der Waals surface area contributed by atoms with Crippen molar-refractivity contribution in [2.24, 2.45) is 5.73 Å². The molecule has 1 nitrogen and oxygen atoms in total. The molecule has 1 fully saturated rings. The van der Waals surface area contributed by atoms with Crippen molar-refractivity contribution in [2.45, 2.75) is 31.0 Å². The second-order valence-electron chi connectivity index (χ2n) is 2.65. The van der Waals surface area contributed by atoms with Crippen molar-refractivity contribution in [3.05, 3.63) is 0 Å². The average Bonchev–Trinajstić information content (AvgIpc) is 2.12. The van der Waals surface area contributed by atoms with Crippen LogP contribution in [0.4, 0.5) is 13.2 Å². The highest BCUT2D eigenvalue weighted by atomic mass is 19.4. The minimum Gasteiger partial charge on any atom is -0.325 e. The third-order valence-electron chi connectivity index (χ3n) is 1.44. The topological polar surface area (TPSA) is 26.0 Å². The quantitative estimate of drug-likeness (QED) is 0.584. The number of rotatable bonds is 1. The van der Waals surface area contributed by atoms with Crippen molar-refractivity contribution in [1.29, 1.82) is 0 Å². The van der Waals surface area contributed by atoms with Crippen LogP contribution in [-0.4, -0.2) is 11.7 Å². The zero-order valence-electron chi connectivity index (χ0n) is 4.83.